The molecule has 0 aromatic heterocycles. The third-order valence-electron chi connectivity index (χ3n) is 5.05. The maximum Gasteiger partial charge on any atom is 0.302 e. The summed E-state index contributed by atoms with van der Waals surface area (Å²) in [4.78, 5) is 11.2. The van der Waals surface area contributed by atoms with Gasteiger partial charge in [0.25, 0.3) is 0 Å². The third-order valence-corrected chi connectivity index (χ3v) is 5.05. The summed E-state index contributed by atoms with van der Waals surface area (Å²) in [5.74, 6) is -0.254. The number of hydrogen-bond acceptors (Lipinski definition) is 2. The first-order chi connectivity index (χ1) is 12.2. The van der Waals surface area contributed by atoms with Crippen molar-refractivity contribution in [1.82, 2.24) is 0 Å². The van der Waals surface area contributed by atoms with E-state index in [1.807, 2.05) is 0 Å². The Bertz CT molecular complexity index is 1220. The van der Waals surface area contributed by atoms with Gasteiger partial charge >= 0.3 is 5.97 Å². The highest BCUT2D eigenvalue weighted by molar-refractivity contribution is 6.33. The standard InChI is InChI=1S/C23H16O2/c1-14(24)25-13-16-11-12-21-19-9-3-6-15-5-2-8-18(22(15)19)20-10-4-7-17(16)23(20)21/h2-12H,13H2,1H3. The quantitative estimate of drug-likeness (QED) is 0.233. The minimum absolute atomic E-state index is 0.254. The highest BCUT2D eigenvalue weighted by Crippen LogP contribution is 2.40. The average molecular weight is 324 g/mol. The number of esters is 1. The number of fused-ring (bicyclic) bond motifs is 2. The summed E-state index contributed by atoms with van der Waals surface area (Å²) in [6.07, 6.45) is 0. The van der Waals surface area contributed by atoms with E-state index in [0.717, 1.165) is 10.9 Å². The largest absolute Gasteiger partial charge is 0.461 e. The zero-order chi connectivity index (χ0) is 17.0. The lowest BCUT2D eigenvalue weighted by Crippen LogP contribution is -1.99. The molecule has 2 heteroatoms. The van der Waals surface area contributed by atoms with Crippen molar-refractivity contribution in [2.45, 2.75) is 13.5 Å². The highest BCUT2D eigenvalue weighted by atomic mass is 16.5. The van der Waals surface area contributed by atoms with E-state index in [9.17, 15) is 4.79 Å². The van der Waals surface area contributed by atoms with Crippen LogP contribution < -0.4 is 0 Å². The van der Waals surface area contributed by atoms with Crippen molar-refractivity contribution in [3.05, 3.63) is 72.3 Å². The Morgan fingerprint density at radius 1 is 0.720 bits per heavy atom. The van der Waals surface area contributed by atoms with E-state index in [1.54, 1.807) is 0 Å². The van der Waals surface area contributed by atoms with E-state index in [0.29, 0.717) is 6.61 Å². The smallest absolute Gasteiger partial charge is 0.302 e. The van der Waals surface area contributed by atoms with E-state index in [-0.39, 0.29) is 5.97 Å². The molecule has 0 spiro atoms. The van der Waals surface area contributed by atoms with Crippen molar-refractivity contribution in [3.8, 4) is 0 Å². The Morgan fingerprint density at radius 3 is 1.96 bits per heavy atom. The van der Waals surface area contributed by atoms with Gasteiger partial charge in [0.15, 0.2) is 0 Å². The number of carbonyl (C=O) groups excluding carboxylic acids is 1. The van der Waals surface area contributed by atoms with Gasteiger partial charge in [0.05, 0.1) is 0 Å². The van der Waals surface area contributed by atoms with Gasteiger partial charge in [0, 0.05) is 6.92 Å². The molecular weight excluding hydrogens is 308 g/mol. The lowest BCUT2D eigenvalue weighted by atomic mass is 9.88. The molecule has 120 valence electrons. The topological polar surface area (TPSA) is 26.3 Å². The first kappa shape index (κ1) is 14.2. The summed E-state index contributed by atoms with van der Waals surface area (Å²) in [7, 11) is 0. The molecule has 0 atom stereocenters. The summed E-state index contributed by atoms with van der Waals surface area (Å²) >= 11 is 0. The molecule has 0 unspecified atom stereocenters. The van der Waals surface area contributed by atoms with Gasteiger partial charge in [0.2, 0.25) is 0 Å². The molecule has 0 aliphatic rings. The predicted octanol–water partition coefficient (Wildman–Crippen LogP) is 5.80. The lowest BCUT2D eigenvalue weighted by Gasteiger charge is -2.16. The molecule has 0 saturated heterocycles. The monoisotopic (exact) mass is 324 g/mol. The van der Waals surface area contributed by atoms with Gasteiger partial charge in [-0.05, 0) is 48.7 Å². The Balaban J connectivity index is 1.97. The second-order valence-electron chi connectivity index (χ2n) is 6.49. The zero-order valence-corrected chi connectivity index (χ0v) is 13.9. The molecule has 0 aliphatic carbocycles. The lowest BCUT2D eigenvalue weighted by molar-refractivity contribution is -0.142. The molecule has 25 heavy (non-hydrogen) atoms. The van der Waals surface area contributed by atoms with E-state index in [4.69, 9.17) is 4.74 Å². The van der Waals surface area contributed by atoms with Gasteiger partial charge in [-0.15, -0.1) is 0 Å². The van der Waals surface area contributed by atoms with Crippen LogP contribution in [0.4, 0.5) is 0 Å². The molecule has 0 fully saturated rings. The molecule has 5 aromatic rings. The molecule has 0 bridgehead atoms. The van der Waals surface area contributed by atoms with Crippen molar-refractivity contribution in [2.24, 2.45) is 0 Å². The minimum Gasteiger partial charge on any atom is -0.461 e. The van der Waals surface area contributed by atoms with Crippen molar-refractivity contribution in [1.29, 1.82) is 0 Å². The van der Waals surface area contributed by atoms with Crippen LogP contribution in [0.15, 0.2) is 66.7 Å². The number of ether oxygens (including phenoxy) is 1. The Labute approximate surface area is 145 Å². The van der Waals surface area contributed by atoms with Crippen molar-refractivity contribution >= 4 is 49.1 Å². The van der Waals surface area contributed by atoms with E-state index in [2.05, 4.69) is 66.7 Å². The summed E-state index contributed by atoms with van der Waals surface area (Å²) in [6, 6.07) is 23.6. The van der Waals surface area contributed by atoms with Crippen LogP contribution in [0.1, 0.15) is 12.5 Å². The van der Waals surface area contributed by atoms with Crippen LogP contribution in [0, 0.1) is 0 Å². The summed E-state index contributed by atoms with van der Waals surface area (Å²) in [5.41, 5.74) is 1.04. The summed E-state index contributed by atoms with van der Waals surface area (Å²) < 4.78 is 5.26. The second-order valence-corrected chi connectivity index (χ2v) is 6.49. The van der Waals surface area contributed by atoms with Gasteiger partial charge < -0.3 is 4.74 Å². The molecular formula is C23H16O2. The van der Waals surface area contributed by atoms with Crippen molar-refractivity contribution in [3.63, 3.8) is 0 Å². The van der Waals surface area contributed by atoms with E-state index < -0.39 is 0 Å². The predicted molar refractivity (Wildman–Crippen MR) is 103 cm³/mol. The van der Waals surface area contributed by atoms with Crippen LogP contribution in [0.25, 0.3) is 43.1 Å². The normalized spacial score (nSPS) is 11.7. The third kappa shape index (κ3) is 2.01. The number of benzene rings is 5. The van der Waals surface area contributed by atoms with Crippen molar-refractivity contribution < 1.29 is 9.53 Å². The average Bonchev–Trinajstić information content (AvgIpc) is 2.64. The molecule has 0 radical (unpaired) electrons. The van der Waals surface area contributed by atoms with Crippen LogP contribution in [0.2, 0.25) is 0 Å². The Hall–Kier alpha value is -3.13. The molecule has 0 saturated carbocycles. The Morgan fingerprint density at radius 2 is 1.28 bits per heavy atom. The van der Waals surface area contributed by atoms with Crippen LogP contribution in [0.5, 0.6) is 0 Å². The van der Waals surface area contributed by atoms with Gasteiger partial charge in [-0.1, -0.05) is 66.7 Å². The van der Waals surface area contributed by atoms with Crippen molar-refractivity contribution in [2.75, 3.05) is 0 Å². The second kappa shape index (κ2) is 5.18. The molecule has 0 heterocycles. The SMILES string of the molecule is CC(=O)OCc1ccc2c3cccc4cccc(c5cccc1c52)c43. The molecule has 5 aromatic carbocycles. The molecule has 0 N–H and O–H groups in total. The van der Waals surface area contributed by atoms with Crippen LogP contribution in [-0.2, 0) is 16.1 Å². The summed E-state index contributed by atoms with van der Waals surface area (Å²) in [5, 5.41) is 10.0. The van der Waals surface area contributed by atoms with E-state index in [1.165, 1.54) is 44.6 Å². The minimum atomic E-state index is -0.254. The fraction of sp³-hybridized carbons (Fsp3) is 0.0870. The highest BCUT2D eigenvalue weighted by Gasteiger charge is 2.14. The van der Waals surface area contributed by atoms with Gasteiger partial charge in [-0.25, -0.2) is 0 Å². The van der Waals surface area contributed by atoms with E-state index >= 15 is 0 Å². The fourth-order valence-electron chi connectivity index (χ4n) is 4.01. The number of hydrogen-bond donors (Lipinski definition) is 0. The zero-order valence-electron chi connectivity index (χ0n) is 13.9. The molecule has 5 rings (SSSR count). The first-order valence-corrected chi connectivity index (χ1v) is 8.44. The Kier molecular flexibility index (Phi) is 2.95. The maximum atomic E-state index is 11.2. The first-order valence-electron chi connectivity index (χ1n) is 8.44. The van der Waals surface area contributed by atoms with Gasteiger partial charge in [0.1, 0.15) is 6.61 Å². The molecule has 2 nitrogen and oxygen atoms in total. The maximum absolute atomic E-state index is 11.2. The van der Waals surface area contributed by atoms with Gasteiger partial charge in [-0.3, -0.25) is 4.79 Å². The number of rotatable bonds is 2. The van der Waals surface area contributed by atoms with Gasteiger partial charge in [-0.2, -0.15) is 0 Å². The number of carbonyl (C=O) groups is 1. The fourth-order valence-corrected chi connectivity index (χ4v) is 4.01. The van der Waals surface area contributed by atoms with Crippen LogP contribution in [-0.4, -0.2) is 5.97 Å². The van der Waals surface area contributed by atoms with Crippen LogP contribution in [0.3, 0.4) is 0 Å². The van der Waals surface area contributed by atoms with Crippen LogP contribution >= 0.6 is 0 Å². The molecule has 0 aliphatic heterocycles. The summed E-state index contributed by atoms with van der Waals surface area (Å²) in [6.45, 7) is 1.75. The molecule has 0 amide bonds.